The molecule has 4 amide bonds. The van der Waals surface area contributed by atoms with E-state index in [0.29, 0.717) is 37.4 Å². The third-order valence-electron chi connectivity index (χ3n) is 5.74. The van der Waals surface area contributed by atoms with Crippen LogP contribution in [0.3, 0.4) is 0 Å². The highest BCUT2D eigenvalue weighted by Crippen LogP contribution is 2.20. The molecular weight excluding hydrogens is 501 g/mol. The molecule has 1 aliphatic heterocycles. The fraction of sp³-hybridized carbons (Fsp3) is 0.308. The van der Waals surface area contributed by atoms with Gasteiger partial charge in [-0.1, -0.05) is 42.5 Å². The molecular formula is C26H29F3N6O3. The maximum Gasteiger partial charge on any atom is 0.472 e. The molecule has 1 aliphatic rings. The SMILES string of the molecule is C/C=C(\C=C/CC(=O)NNC(=O)C(F)(F)F)CN(C(=O)N1CCN(c2ccccn2)CC1)c1ccccc1. The molecule has 2 heterocycles. The summed E-state index contributed by atoms with van der Waals surface area (Å²) in [7, 11) is 0. The van der Waals surface area contributed by atoms with Crippen LogP contribution in [-0.2, 0) is 9.59 Å². The predicted molar refractivity (Wildman–Crippen MR) is 137 cm³/mol. The van der Waals surface area contributed by atoms with Crippen LogP contribution in [0.4, 0.5) is 29.5 Å². The molecule has 1 saturated heterocycles. The normalized spacial score (nSPS) is 14.4. The summed E-state index contributed by atoms with van der Waals surface area (Å²) in [5, 5.41) is 0. The van der Waals surface area contributed by atoms with Crippen molar-refractivity contribution in [2.24, 2.45) is 0 Å². The number of nitrogens with one attached hydrogen (secondary N) is 2. The van der Waals surface area contributed by atoms with E-state index in [0.717, 1.165) is 5.82 Å². The first-order chi connectivity index (χ1) is 18.2. The zero-order valence-corrected chi connectivity index (χ0v) is 20.8. The monoisotopic (exact) mass is 530 g/mol. The number of rotatable bonds is 7. The first-order valence-corrected chi connectivity index (χ1v) is 11.9. The number of piperazine rings is 1. The minimum absolute atomic E-state index is 0.169. The third kappa shape index (κ3) is 8.08. The number of allylic oxidation sites excluding steroid dienone is 1. The van der Waals surface area contributed by atoms with Gasteiger partial charge >= 0.3 is 18.1 Å². The summed E-state index contributed by atoms with van der Waals surface area (Å²) in [6.07, 6.45) is 1.21. The fourth-order valence-corrected chi connectivity index (χ4v) is 3.70. The fourth-order valence-electron chi connectivity index (χ4n) is 3.70. The standard InChI is InChI=1S/C26H29F3N6O3/c1-2-20(9-8-13-23(36)31-32-24(37)26(27,28)29)19-35(21-10-4-3-5-11-21)25(38)34-17-15-33(16-18-34)22-12-6-7-14-30-22/h2-12,14H,13,15-19H2,1H3,(H,31,36)(H,32,37)/b9-8-,20-2+. The van der Waals surface area contributed by atoms with Crippen LogP contribution >= 0.6 is 0 Å². The zero-order valence-electron chi connectivity index (χ0n) is 20.8. The van der Waals surface area contributed by atoms with E-state index in [-0.39, 0.29) is 19.0 Å². The molecule has 0 unspecified atom stereocenters. The smallest absolute Gasteiger partial charge is 0.353 e. The number of anilines is 2. The Balaban J connectivity index is 1.62. The van der Waals surface area contributed by atoms with Crippen LogP contribution in [0.5, 0.6) is 0 Å². The number of amides is 4. The number of carbonyl (C=O) groups excluding carboxylic acids is 3. The molecule has 0 atom stereocenters. The number of carbonyl (C=O) groups is 3. The van der Waals surface area contributed by atoms with Gasteiger partial charge in [0.05, 0.1) is 6.54 Å². The lowest BCUT2D eigenvalue weighted by atomic mass is 10.1. The molecule has 0 aliphatic carbocycles. The Morgan fingerprint density at radius 1 is 1.00 bits per heavy atom. The maximum absolute atomic E-state index is 13.6. The Morgan fingerprint density at radius 2 is 1.68 bits per heavy atom. The maximum atomic E-state index is 13.6. The van der Waals surface area contributed by atoms with E-state index in [2.05, 4.69) is 9.88 Å². The first kappa shape index (κ1) is 28.2. The Kier molecular flexibility index (Phi) is 9.85. The highest BCUT2D eigenvalue weighted by Gasteiger charge is 2.38. The van der Waals surface area contributed by atoms with Crippen LogP contribution in [0.2, 0.25) is 0 Å². The number of aromatic nitrogens is 1. The van der Waals surface area contributed by atoms with E-state index in [9.17, 15) is 27.6 Å². The molecule has 1 aromatic carbocycles. The summed E-state index contributed by atoms with van der Waals surface area (Å²) >= 11 is 0. The third-order valence-corrected chi connectivity index (χ3v) is 5.74. The number of urea groups is 1. The van der Waals surface area contributed by atoms with Gasteiger partial charge in [0.15, 0.2) is 0 Å². The number of nitrogens with zero attached hydrogens (tertiary/aromatic N) is 4. The molecule has 0 bridgehead atoms. The van der Waals surface area contributed by atoms with E-state index < -0.39 is 18.0 Å². The number of halogens is 3. The van der Waals surface area contributed by atoms with Gasteiger partial charge in [-0.3, -0.25) is 25.3 Å². The van der Waals surface area contributed by atoms with Crippen molar-refractivity contribution in [1.82, 2.24) is 20.7 Å². The lowest BCUT2D eigenvalue weighted by molar-refractivity contribution is -0.175. The molecule has 3 rings (SSSR count). The van der Waals surface area contributed by atoms with Crippen molar-refractivity contribution in [3.63, 3.8) is 0 Å². The number of hydrazine groups is 1. The Labute approximate surface area is 218 Å². The first-order valence-electron chi connectivity index (χ1n) is 11.9. The molecule has 2 aromatic rings. The van der Waals surface area contributed by atoms with Crippen LogP contribution in [0.1, 0.15) is 13.3 Å². The summed E-state index contributed by atoms with van der Waals surface area (Å²) in [6, 6.07) is 14.7. The second kappa shape index (κ2) is 13.3. The molecule has 1 aromatic heterocycles. The van der Waals surface area contributed by atoms with Crippen molar-refractivity contribution in [3.8, 4) is 0 Å². The lowest BCUT2D eigenvalue weighted by Crippen LogP contribution is -2.53. The van der Waals surface area contributed by atoms with E-state index in [1.165, 1.54) is 11.5 Å². The Morgan fingerprint density at radius 3 is 2.29 bits per heavy atom. The number of hydrogen-bond acceptors (Lipinski definition) is 5. The van der Waals surface area contributed by atoms with Gasteiger partial charge in [-0.2, -0.15) is 13.2 Å². The average molecular weight is 531 g/mol. The molecule has 0 spiro atoms. The number of hydrogen-bond donors (Lipinski definition) is 2. The number of alkyl halides is 3. The van der Waals surface area contributed by atoms with Crippen molar-refractivity contribution in [3.05, 3.63) is 78.5 Å². The van der Waals surface area contributed by atoms with E-state index in [1.54, 1.807) is 40.5 Å². The van der Waals surface area contributed by atoms with E-state index >= 15 is 0 Å². The summed E-state index contributed by atoms with van der Waals surface area (Å²) < 4.78 is 36.7. The van der Waals surface area contributed by atoms with Gasteiger partial charge in [-0.05, 0) is 36.8 Å². The van der Waals surface area contributed by atoms with Gasteiger partial charge < -0.3 is 9.80 Å². The van der Waals surface area contributed by atoms with Gasteiger partial charge in [0.2, 0.25) is 5.91 Å². The van der Waals surface area contributed by atoms with Gasteiger partial charge in [-0.25, -0.2) is 9.78 Å². The Hall–Kier alpha value is -4.35. The summed E-state index contributed by atoms with van der Waals surface area (Å²) in [5.41, 5.74) is 4.44. The Bertz CT molecular complexity index is 1150. The molecule has 12 heteroatoms. The van der Waals surface area contributed by atoms with Crippen molar-refractivity contribution < 1.29 is 27.6 Å². The number of benzene rings is 1. The van der Waals surface area contributed by atoms with Crippen molar-refractivity contribution in [2.75, 3.05) is 42.5 Å². The van der Waals surface area contributed by atoms with Gasteiger partial charge in [0.1, 0.15) is 5.82 Å². The summed E-state index contributed by atoms with van der Waals surface area (Å²) in [5.74, 6) is -2.22. The lowest BCUT2D eigenvalue weighted by Gasteiger charge is -2.38. The topological polar surface area (TPSA) is 97.9 Å². The van der Waals surface area contributed by atoms with Crippen molar-refractivity contribution in [2.45, 2.75) is 19.5 Å². The predicted octanol–water partition coefficient (Wildman–Crippen LogP) is 3.43. The van der Waals surface area contributed by atoms with E-state index in [1.807, 2.05) is 48.5 Å². The molecule has 2 N–H and O–H groups in total. The average Bonchev–Trinajstić information content (AvgIpc) is 2.93. The molecule has 0 radical (unpaired) electrons. The minimum atomic E-state index is -5.10. The second-order valence-electron chi connectivity index (χ2n) is 8.34. The molecule has 202 valence electrons. The van der Waals surface area contributed by atoms with Crippen LogP contribution in [0.25, 0.3) is 0 Å². The summed E-state index contributed by atoms with van der Waals surface area (Å²) in [4.78, 5) is 46.1. The second-order valence-corrected chi connectivity index (χ2v) is 8.34. The zero-order chi connectivity index (χ0) is 27.5. The molecule has 1 fully saturated rings. The van der Waals surface area contributed by atoms with Crippen LogP contribution < -0.4 is 20.7 Å². The minimum Gasteiger partial charge on any atom is -0.353 e. The highest BCUT2D eigenvalue weighted by molar-refractivity contribution is 5.92. The molecule has 0 saturated carbocycles. The van der Waals surface area contributed by atoms with Crippen LogP contribution in [0.15, 0.2) is 78.5 Å². The van der Waals surface area contributed by atoms with E-state index in [4.69, 9.17) is 0 Å². The van der Waals surface area contributed by atoms with Crippen LogP contribution in [0, 0.1) is 0 Å². The largest absolute Gasteiger partial charge is 0.472 e. The van der Waals surface area contributed by atoms with Crippen LogP contribution in [-0.4, -0.2) is 66.6 Å². The number of para-hydroxylation sites is 1. The van der Waals surface area contributed by atoms with Crippen molar-refractivity contribution in [1.29, 1.82) is 0 Å². The quantitative estimate of drug-likeness (QED) is 0.422. The highest BCUT2D eigenvalue weighted by atomic mass is 19.4. The summed E-state index contributed by atoms with van der Waals surface area (Å²) in [6.45, 7) is 4.31. The van der Waals surface area contributed by atoms with Gasteiger partial charge in [-0.15, -0.1) is 0 Å². The molecule has 38 heavy (non-hydrogen) atoms. The molecule has 9 nitrogen and oxygen atoms in total. The number of pyridine rings is 1. The van der Waals surface area contributed by atoms with Crippen molar-refractivity contribution >= 4 is 29.4 Å². The van der Waals surface area contributed by atoms with Gasteiger partial charge in [0, 0.05) is 44.5 Å². The van der Waals surface area contributed by atoms with Gasteiger partial charge in [0.25, 0.3) is 0 Å².